The Morgan fingerprint density at radius 2 is 1.74 bits per heavy atom. The van der Waals surface area contributed by atoms with E-state index in [1.165, 1.54) is 0 Å². The molecule has 1 amide bonds. The molecule has 0 aromatic heterocycles. The van der Waals surface area contributed by atoms with Crippen molar-refractivity contribution in [3.05, 3.63) is 58.6 Å². The van der Waals surface area contributed by atoms with Crippen molar-refractivity contribution in [1.82, 2.24) is 5.32 Å². The molecule has 0 spiro atoms. The molecule has 144 valence electrons. The molecule has 0 aliphatic carbocycles. The van der Waals surface area contributed by atoms with Gasteiger partial charge in [0, 0.05) is 18.0 Å². The fourth-order valence-corrected chi connectivity index (χ4v) is 2.51. The Morgan fingerprint density at radius 1 is 1.04 bits per heavy atom. The number of nitrogens with one attached hydrogen (secondary N) is 1. The maximum Gasteiger partial charge on any atom is 0.303 e. The average molecular weight is 392 g/mol. The molecule has 0 fully saturated rings. The third-order valence-corrected chi connectivity index (χ3v) is 4.09. The molecule has 6 nitrogen and oxygen atoms in total. The fraction of sp³-hybridized carbons (Fsp3) is 0.300. The number of rotatable bonds is 10. The molecule has 0 heterocycles. The minimum Gasteiger partial charge on any atom is -0.493 e. The summed E-state index contributed by atoms with van der Waals surface area (Å²) < 4.78 is 11.2. The molecule has 0 unspecified atom stereocenters. The predicted octanol–water partition coefficient (Wildman–Crippen LogP) is 3.45. The lowest BCUT2D eigenvalue weighted by molar-refractivity contribution is -0.138. The lowest BCUT2D eigenvalue weighted by Crippen LogP contribution is -2.26. The minimum atomic E-state index is -0.984. The number of hydrogen-bond donors (Lipinski definition) is 2. The van der Waals surface area contributed by atoms with Crippen molar-refractivity contribution < 1.29 is 24.2 Å². The second-order valence-corrected chi connectivity index (χ2v) is 6.33. The first-order chi connectivity index (χ1) is 13.0. The summed E-state index contributed by atoms with van der Waals surface area (Å²) >= 11 is 5.88. The molecule has 0 aliphatic heterocycles. The number of halogens is 1. The first kappa shape index (κ1) is 20.6. The van der Waals surface area contributed by atoms with Crippen molar-refractivity contribution in [2.45, 2.75) is 25.9 Å². The Kier molecular flexibility index (Phi) is 7.95. The van der Waals surface area contributed by atoms with Gasteiger partial charge in [0.05, 0.1) is 13.5 Å². The predicted molar refractivity (Wildman–Crippen MR) is 102 cm³/mol. The molecule has 0 saturated carbocycles. The van der Waals surface area contributed by atoms with Crippen molar-refractivity contribution in [1.29, 1.82) is 0 Å². The Hall–Kier alpha value is -2.73. The van der Waals surface area contributed by atoms with Crippen LogP contribution in [0.3, 0.4) is 0 Å². The topological polar surface area (TPSA) is 84.9 Å². The monoisotopic (exact) mass is 391 g/mol. The van der Waals surface area contributed by atoms with Gasteiger partial charge in [0.1, 0.15) is 6.61 Å². The molecule has 0 radical (unpaired) electrons. The maximum atomic E-state index is 11.6. The Bertz CT molecular complexity index is 776. The molecule has 0 saturated heterocycles. The number of carboxylic acid groups (broad SMARTS) is 1. The van der Waals surface area contributed by atoms with Crippen molar-refractivity contribution in [2.75, 3.05) is 13.7 Å². The van der Waals surface area contributed by atoms with Crippen molar-refractivity contribution in [2.24, 2.45) is 0 Å². The quantitative estimate of drug-likeness (QED) is 0.648. The van der Waals surface area contributed by atoms with E-state index in [0.717, 1.165) is 11.1 Å². The Balaban J connectivity index is 1.90. The van der Waals surface area contributed by atoms with E-state index in [-0.39, 0.29) is 18.7 Å². The number of amides is 1. The van der Waals surface area contributed by atoms with Crippen LogP contribution in [0, 0.1) is 0 Å². The van der Waals surface area contributed by atoms with Crippen LogP contribution in [-0.4, -0.2) is 30.6 Å². The molecular formula is C20H22ClNO5. The van der Waals surface area contributed by atoms with Crippen LogP contribution in [0.1, 0.15) is 24.0 Å². The van der Waals surface area contributed by atoms with Gasteiger partial charge >= 0.3 is 5.97 Å². The maximum absolute atomic E-state index is 11.6. The van der Waals surface area contributed by atoms with Crippen molar-refractivity contribution >= 4 is 23.5 Å². The van der Waals surface area contributed by atoms with Crippen LogP contribution >= 0.6 is 11.6 Å². The van der Waals surface area contributed by atoms with E-state index in [2.05, 4.69) is 5.32 Å². The van der Waals surface area contributed by atoms with Gasteiger partial charge in [-0.05, 0) is 41.8 Å². The summed E-state index contributed by atoms with van der Waals surface area (Å²) in [6, 6.07) is 13.0. The van der Waals surface area contributed by atoms with Crippen LogP contribution in [0.25, 0.3) is 0 Å². The van der Waals surface area contributed by atoms with Crippen LogP contribution in [0.2, 0.25) is 5.02 Å². The highest BCUT2D eigenvalue weighted by Crippen LogP contribution is 2.29. The van der Waals surface area contributed by atoms with Gasteiger partial charge in [-0.2, -0.15) is 0 Å². The Labute approximate surface area is 163 Å². The van der Waals surface area contributed by atoms with Crippen LogP contribution in [0.15, 0.2) is 42.5 Å². The van der Waals surface area contributed by atoms with Crippen molar-refractivity contribution in [3.63, 3.8) is 0 Å². The number of carbonyl (C=O) groups is 2. The minimum absolute atomic E-state index is 0.0204. The van der Waals surface area contributed by atoms with Gasteiger partial charge in [0.25, 0.3) is 0 Å². The van der Waals surface area contributed by atoms with Gasteiger partial charge in [-0.25, -0.2) is 0 Å². The number of ether oxygens (including phenoxy) is 2. The summed E-state index contributed by atoms with van der Waals surface area (Å²) in [6.07, 6.45) is 0.407. The average Bonchev–Trinajstić information content (AvgIpc) is 2.66. The van der Waals surface area contributed by atoms with E-state index in [0.29, 0.717) is 36.1 Å². The van der Waals surface area contributed by atoms with E-state index < -0.39 is 5.97 Å². The lowest BCUT2D eigenvalue weighted by Gasteiger charge is -2.13. The summed E-state index contributed by atoms with van der Waals surface area (Å²) in [7, 11) is 1.58. The molecule has 2 N–H and O–H groups in total. The SMILES string of the molecule is COc1ccc(CCNC(=O)CCC(=O)O)cc1OCc1ccc(Cl)cc1. The van der Waals surface area contributed by atoms with E-state index in [1.807, 2.05) is 30.3 Å². The number of benzene rings is 2. The number of methoxy groups -OCH3 is 1. The van der Waals surface area contributed by atoms with Gasteiger partial charge in [0.2, 0.25) is 5.91 Å². The highest BCUT2D eigenvalue weighted by molar-refractivity contribution is 6.30. The molecule has 0 bridgehead atoms. The standard InChI is InChI=1S/C20H22ClNO5/c1-26-17-7-4-14(10-11-22-19(23)8-9-20(24)25)12-18(17)27-13-15-2-5-16(21)6-3-15/h2-7,12H,8-11,13H2,1H3,(H,22,23)(H,24,25). The smallest absolute Gasteiger partial charge is 0.303 e. The third kappa shape index (κ3) is 7.19. The number of carboxylic acids is 1. The van der Waals surface area contributed by atoms with Crippen LogP contribution < -0.4 is 14.8 Å². The molecule has 7 heteroatoms. The molecule has 2 aromatic rings. The molecule has 2 aromatic carbocycles. The fourth-order valence-electron chi connectivity index (χ4n) is 2.39. The highest BCUT2D eigenvalue weighted by atomic mass is 35.5. The van der Waals surface area contributed by atoms with Crippen LogP contribution in [-0.2, 0) is 22.6 Å². The normalized spacial score (nSPS) is 10.3. The molecule has 0 atom stereocenters. The summed E-state index contributed by atoms with van der Waals surface area (Å²) in [6.45, 7) is 0.796. The molecule has 2 rings (SSSR count). The zero-order valence-corrected chi connectivity index (χ0v) is 15.8. The first-order valence-electron chi connectivity index (χ1n) is 8.50. The molecule has 0 aliphatic rings. The third-order valence-electron chi connectivity index (χ3n) is 3.84. The summed E-state index contributed by atoms with van der Waals surface area (Å²) in [4.78, 5) is 22.0. The zero-order valence-electron chi connectivity index (χ0n) is 15.0. The summed E-state index contributed by atoms with van der Waals surface area (Å²) in [5, 5.41) is 12.0. The number of aliphatic carboxylic acids is 1. The summed E-state index contributed by atoms with van der Waals surface area (Å²) in [5.41, 5.74) is 1.96. The molecule has 27 heavy (non-hydrogen) atoms. The van der Waals surface area contributed by atoms with Crippen LogP contribution in [0.4, 0.5) is 0 Å². The summed E-state index contributed by atoms with van der Waals surface area (Å²) in [5.74, 6) is -0.0201. The van der Waals surface area contributed by atoms with E-state index >= 15 is 0 Å². The van der Waals surface area contributed by atoms with E-state index in [4.69, 9.17) is 26.2 Å². The number of carbonyl (C=O) groups excluding carboxylic acids is 1. The second-order valence-electron chi connectivity index (χ2n) is 5.89. The van der Waals surface area contributed by atoms with E-state index in [9.17, 15) is 9.59 Å². The van der Waals surface area contributed by atoms with Gasteiger partial charge < -0.3 is 19.9 Å². The largest absolute Gasteiger partial charge is 0.493 e. The lowest BCUT2D eigenvalue weighted by atomic mass is 10.1. The number of hydrogen-bond acceptors (Lipinski definition) is 4. The van der Waals surface area contributed by atoms with Gasteiger partial charge in [-0.3, -0.25) is 9.59 Å². The van der Waals surface area contributed by atoms with Crippen LogP contribution in [0.5, 0.6) is 11.5 Å². The molecular weight excluding hydrogens is 370 g/mol. The highest BCUT2D eigenvalue weighted by Gasteiger charge is 2.08. The second kappa shape index (κ2) is 10.4. The zero-order chi connectivity index (χ0) is 19.6. The van der Waals surface area contributed by atoms with Gasteiger partial charge in [-0.1, -0.05) is 29.8 Å². The Morgan fingerprint density at radius 3 is 2.41 bits per heavy atom. The van der Waals surface area contributed by atoms with E-state index in [1.54, 1.807) is 19.2 Å². The van der Waals surface area contributed by atoms with Crippen molar-refractivity contribution in [3.8, 4) is 11.5 Å². The first-order valence-corrected chi connectivity index (χ1v) is 8.88. The van der Waals surface area contributed by atoms with Gasteiger partial charge in [0.15, 0.2) is 11.5 Å². The van der Waals surface area contributed by atoms with Gasteiger partial charge in [-0.15, -0.1) is 0 Å².